The second-order valence-corrected chi connectivity index (χ2v) is 9.41. The van der Waals surface area contributed by atoms with Gasteiger partial charge in [0.15, 0.2) is 5.16 Å². The fraction of sp³-hybridized carbons (Fsp3) is 0.435. The summed E-state index contributed by atoms with van der Waals surface area (Å²) in [5.41, 5.74) is 3.82. The number of aryl methyl sites for hydroxylation is 3. The van der Waals surface area contributed by atoms with Crippen molar-refractivity contribution in [2.75, 3.05) is 11.1 Å². The van der Waals surface area contributed by atoms with E-state index < -0.39 is 0 Å². The molecular formula is C23H29N7O2S. The number of thioether (sulfide) groups is 1. The molecule has 1 aliphatic carbocycles. The van der Waals surface area contributed by atoms with Crippen molar-refractivity contribution in [3.8, 4) is 5.69 Å². The number of amides is 2. The molecule has 1 saturated carbocycles. The Morgan fingerprint density at radius 2 is 1.91 bits per heavy atom. The third-order valence-corrected chi connectivity index (χ3v) is 6.60. The van der Waals surface area contributed by atoms with Crippen LogP contribution in [0.15, 0.2) is 35.7 Å². The zero-order valence-electron chi connectivity index (χ0n) is 19.2. The highest BCUT2D eigenvalue weighted by Gasteiger charge is 2.18. The Labute approximate surface area is 197 Å². The maximum Gasteiger partial charge on any atom is 0.241 e. The first kappa shape index (κ1) is 23.0. The molecule has 1 fully saturated rings. The van der Waals surface area contributed by atoms with Gasteiger partial charge in [0, 0.05) is 12.2 Å². The van der Waals surface area contributed by atoms with Crippen LogP contribution in [0, 0.1) is 20.8 Å². The van der Waals surface area contributed by atoms with Crippen molar-refractivity contribution in [1.29, 1.82) is 0 Å². The predicted molar refractivity (Wildman–Crippen MR) is 128 cm³/mol. The number of rotatable bonds is 8. The molecule has 4 rings (SSSR count). The Morgan fingerprint density at radius 3 is 2.70 bits per heavy atom. The molecule has 2 amide bonds. The minimum atomic E-state index is -0.178. The summed E-state index contributed by atoms with van der Waals surface area (Å²) in [6, 6.07) is 6.50. The second-order valence-electron chi connectivity index (χ2n) is 8.47. The number of anilines is 1. The van der Waals surface area contributed by atoms with E-state index in [9.17, 15) is 9.59 Å². The average Bonchev–Trinajstić information content (AvgIpc) is 3.51. The van der Waals surface area contributed by atoms with Crippen molar-refractivity contribution in [2.45, 2.75) is 64.2 Å². The molecule has 174 valence electrons. The molecule has 33 heavy (non-hydrogen) atoms. The fourth-order valence-electron chi connectivity index (χ4n) is 4.01. The largest absolute Gasteiger partial charge is 0.352 e. The van der Waals surface area contributed by atoms with E-state index in [2.05, 4.69) is 44.1 Å². The van der Waals surface area contributed by atoms with Crippen LogP contribution in [0.3, 0.4) is 0 Å². The smallest absolute Gasteiger partial charge is 0.241 e. The van der Waals surface area contributed by atoms with Crippen LogP contribution in [0.2, 0.25) is 0 Å². The van der Waals surface area contributed by atoms with Gasteiger partial charge >= 0.3 is 0 Å². The Kier molecular flexibility index (Phi) is 7.12. The highest BCUT2D eigenvalue weighted by Crippen LogP contribution is 2.25. The minimum Gasteiger partial charge on any atom is -0.352 e. The minimum absolute atomic E-state index is 0.0559. The van der Waals surface area contributed by atoms with Gasteiger partial charge in [-0.3, -0.25) is 18.8 Å². The van der Waals surface area contributed by atoms with E-state index in [0.29, 0.717) is 10.8 Å². The van der Waals surface area contributed by atoms with E-state index in [1.54, 1.807) is 12.4 Å². The number of nitrogens with zero attached hydrogens (tertiary/aromatic N) is 5. The van der Waals surface area contributed by atoms with Crippen molar-refractivity contribution >= 4 is 29.3 Å². The molecule has 0 spiro atoms. The third kappa shape index (κ3) is 5.81. The summed E-state index contributed by atoms with van der Waals surface area (Å²) in [4.78, 5) is 24.7. The molecule has 0 radical (unpaired) electrons. The van der Waals surface area contributed by atoms with Gasteiger partial charge in [0.2, 0.25) is 11.8 Å². The topological polar surface area (TPSA) is 107 Å². The van der Waals surface area contributed by atoms with Crippen molar-refractivity contribution in [3.05, 3.63) is 47.5 Å². The number of benzene rings is 1. The lowest BCUT2D eigenvalue weighted by Crippen LogP contribution is -2.35. The molecule has 1 aliphatic rings. The van der Waals surface area contributed by atoms with E-state index in [0.717, 1.165) is 35.5 Å². The standard InChI is InChI=1S/C23H29N7O2S/c1-15-8-9-16(2)20(10-15)30-17(3)27-28-23(30)33-14-22(32)26-19-11-24-29(12-19)13-21(31)25-18-6-4-5-7-18/h8-12,18H,4-7,13-14H2,1-3H3,(H,25,31)(H,26,32). The number of hydrogen-bond acceptors (Lipinski definition) is 6. The first-order chi connectivity index (χ1) is 15.9. The third-order valence-electron chi connectivity index (χ3n) is 5.68. The number of aromatic nitrogens is 5. The SMILES string of the molecule is Cc1ccc(C)c(-n2c(C)nnc2SCC(=O)Nc2cnn(CC(=O)NC3CCCC3)c2)c1. The molecule has 2 aromatic heterocycles. The molecule has 10 heteroatoms. The summed E-state index contributed by atoms with van der Waals surface area (Å²) in [6.07, 6.45) is 7.64. The Bertz CT molecular complexity index is 1150. The van der Waals surface area contributed by atoms with Crippen LogP contribution in [-0.2, 0) is 16.1 Å². The maximum atomic E-state index is 12.5. The van der Waals surface area contributed by atoms with Gasteiger partial charge in [0.25, 0.3) is 0 Å². The molecule has 9 nitrogen and oxygen atoms in total. The lowest BCUT2D eigenvalue weighted by molar-refractivity contribution is -0.122. The molecule has 2 N–H and O–H groups in total. The van der Waals surface area contributed by atoms with Crippen molar-refractivity contribution in [1.82, 2.24) is 29.9 Å². The first-order valence-electron chi connectivity index (χ1n) is 11.1. The van der Waals surface area contributed by atoms with Crippen molar-refractivity contribution in [3.63, 3.8) is 0 Å². The summed E-state index contributed by atoms with van der Waals surface area (Å²) in [6.45, 7) is 6.12. The molecule has 0 aliphatic heterocycles. The molecule has 0 atom stereocenters. The van der Waals surface area contributed by atoms with Gasteiger partial charge in [-0.2, -0.15) is 5.10 Å². The van der Waals surface area contributed by atoms with E-state index in [1.165, 1.54) is 29.3 Å². The summed E-state index contributed by atoms with van der Waals surface area (Å²) >= 11 is 1.33. The zero-order chi connectivity index (χ0) is 23.4. The molecule has 0 bridgehead atoms. The van der Waals surface area contributed by atoms with Gasteiger partial charge in [0.05, 0.1) is 23.3 Å². The van der Waals surface area contributed by atoms with Gasteiger partial charge in [0.1, 0.15) is 12.4 Å². The highest BCUT2D eigenvalue weighted by molar-refractivity contribution is 7.99. The normalized spacial score (nSPS) is 13.9. The van der Waals surface area contributed by atoms with Crippen LogP contribution in [0.1, 0.15) is 42.6 Å². The fourth-order valence-corrected chi connectivity index (χ4v) is 4.80. The van der Waals surface area contributed by atoms with Crippen molar-refractivity contribution < 1.29 is 9.59 Å². The Morgan fingerprint density at radius 1 is 1.12 bits per heavy atom. The van der Waals surface area contributed by atoms with Gasteiger partial charge in [-0.25, -0.2) is 0 Å². The molecule has 2 heterocycles. The van der Waals surface area contributed by atoms with Crippen molar-refractivity contribution in [2.24, 2.45) is 0 Å². The van der Waals surface area contributed by atoms with E-state index in [1.807, 2.05) is 25.3 Å². The summed E-state index contributed by atoms with van der Waals surface area (Å²) in [5, 5.41) is 19.2. The van der Waals surface area contributed by atoms with Gasteiger partial charge in [-0.1, -0.05) is 36.7 Å². The summed E-state index contributed by atoms with van der Waals surface area (Å²) < 4.78 is 3.51. The molecule has 1 aromatic carbocycles. The molecular weight excluding hydrogens is 438 g/mol. The summed E-state index contributed by atoms with van der Waals surface area (Å²) in [7, 11) is 0. The molecule has 0 unspecified atom stereocenters. The van der Waals surface area contributed by atoms with Gasteiger partial charge in [-0.15, -0.1) is 10.2 Å². The molecule has 3 aromatic rings. The quantitative estimate of drug-likeness (QED) is 0.493. The number of nitrogens with one attached hydrogen (secondary N) is 2. The zero-order valence-corrected chi connectivity index (χ0v) is 20.0. The predicted octanol–water partition coefficient (Wildman–Crippen LogP) is 3.18. The monoisotopic (exact) mass is 467 g/mol. The first-order valence-corrected chi connectivity index (χ1v) is 12.1. The number of hydrogen-bond donors (Lipinski definition) is 2. The van der Waals surface area contributed by atoms with Gasteiger partial charge < -0.3 is 10.6 Å². The van der Waals surface area contributed by atoms with Crippen LogP contribution in [0.4, 0.5) is 5.69 Å². The maximum absolute atomic E-state index is 12.5. The van der Waals surface area contributed by atoms with E-state index in [4.69, 9.17) is 0 Å². The van der Waals surface area contributed by atoms with Crippen LogP contribution < -0.4 is 10.6 Å². The van der Waals surface area contributed by atoms with Crippen LogP contribution in [-0.4, -0.2) is 48.2 Å². The number of carbonyl (C=O) groups is 2. The molecule has 0 saturated heterocycles. The highest BCUT2D eigenvalue weighted by atomic mass is 32.2. The summed E-state index contributed by atoms with van der Waals surface area (Å²) in [5.74, 6) is 0.711. The van der Waals surface area contributed by atoms with Crippen LogP contribution >= 0.6 is 11.8 Å². The second kappa shape index (κ2) is 10.2. The lowest BCUT2D eigenvalue weighted by Gasteiger charge is -2.12. The number of carbonyl (C=O) groups excluding carboxylic acids is 2. The average molecular weight is 468 g/mol. The van der Waals surface area contributed by atoms with Crippen LogP contribution in [0.5, 0.6) is 0 Å². The van der Waals surface area contributed by atoms with E-state index >= 15 is 0 Å². The van der Waals surface area contributed by atoms with Crippen LogP contribution in [0.25, 0.3) is 5.69 Å². The van der Waals surface area contributed by atoms with Gasteiger partial charge in [-0.05, 0) is 50.8 Å². The Balaban J connectivity index is 1.32. The van der Waals surface area contributed by atoms with E-state index in [-0.39, 0.29) is 30.2 Å². The lowest BCUT2D eigenvalue weighted by atomic mass is 10.1. The Hall–Kier alpha value is -3.14.